The Morgan fingerprint density at radius 2 is 1.54 bits per heavy atom. The van der Waals surface area contributed by atoms with Gasteiger partial charge in [-0.05, 0) is 0 Å². The van der Waals surface area contributed by atoms with Crippen LogP contribution >= 0.6 is 0 Å². The summed E-state index contributed by atoms with van der Waals surface area (Å²) in [5.74, 6) is -4.98. The van der Waals surface area contributed by atoms with Crippen LogP contribution in [0.25, 0.3) is 0 Å². The van der Waals surface area contributed by atoms with E-state index >= 15 is 0 Å². The highest BCUT2D eigenvalue weighted by atomic mass is 16.6. The Labute approximate surface area is 138 Å². The first-order valence-corrected chi connectivity index (χ1v) is 6.87. The standard InChI is InChI=1S/C15H20O9/c1-8(17)13(21-5)15(24-11(4)20)14(23-10(3)19)12(6-16)7-22-9(2)18/h6,12,14H,7H2,1-5H3/b15-13+. The minimum Gasteiger partial charge on any atom is -0.490 e. The molecule has 0 aliphatic carbocycles. The number of rotatable bonds is 9. The monoisotopic (exact) mass is 344 g/mol. The van der Waals surface area contributed by atoms with Gasteiger partial charge >= 0.3 is 17.9 Å². The average molecular weight is 344 g/mol. The van der Waals surface area contributed by atoms with Gasteiger partial charge in [-0.3, -0.25) is 19.2 Å². The topological polar surface area (TPSA) is 122 Å². The Kier molecular flexibility index (Phi) is 8.99. The number of hydrogen-bond donors (Lipinski definition) is 0. The number of hydrogen-bond acceptors (Lipinski definition) is 9. The molecule has 0 fully saturated rings. The molecule has 134 valence electrons. The Bertz CT molecular complexity index is 547. The third-order valence-corrected chi connectivity index (χ3v) is 2.60. The molecule has 0 radical (unpaired) electrons. The molecule has 0 aromatic rings. The van der Waals surface area contributed by atoms with Gasteiger partial charge in [-0.2, -0.15) is 0 Å². The summed E-state index contributed by atoms with van der Waals surface area (Å²) in [6, 6.07) is 0. The lowest BCUT2D eigenvalue weighted by molar-refractivity contribution is -0.158. The van der Waals surface area contributed by atoms with Gasteiger partial charge < -0.3 is 23.7 Å². The Hall–Kier alpha value is -2.71. The molecule has 0 bridgehead atoms. The highest BCUT2D eigenvalue weighted by Crippen LogP contribution is 2.23. The van der Waals surface area contributed by atoms with Crippen molar-refractivity contribution >= 4 is 30.0 Å². The maximum atomic E-state index is 11.7. The van der Waals surface area contributed by atoms with Crippen LogP contribution in [0.1, 0.15) is 27.7 Å². The molecule has 0 aliphatic heterocycles. The zero-order chi connectivity index (χ0) is 18.9. The number of ketones is 1. The van der Waals surface area contributed by atoms with E-state index in [-0.39, 0.29) is 0 Å². The summed E-state index contributed by atoms with van der Waals surface area (Å²) in [6.45, 7) is 3.93. The van der Waals surface area contributed by atoms with Crippen molar-refractivity contribution in [1.82, 2.24) is 0 Å². The van der Waals surface area contributed by atoms with Gasteiger partial charge in [-0.15, -0.1) is 0 Å². The summed E-state index contributed by atoms with van der Waals surface area (Å²) < 4.78 is 19.6. The van der Waals surface area contributed by atoms with E-state index in [0.29, 0.717) is 6.29 Å². The van der Waals surface area contributed by atoms with Crippen LogP contribution in [0, 0.1) is 5.92 Å². The van der Waals surface area contributed by atoms with Gasteiger partial charge in [0.2, 0.25) is 5.76 Å². The molecule has 0 saturated heterocycles. The molecule has 0 aromatic carbocycles. The van der Waals surface area contributed by atoms with Gasteiger partial charge in [0.15, 0.2) is 17.6 Å². The maximum Gasteiger partial charge on any atom is 0.307 e. The van der Waals surface area contributed by atoms with E-state index in [4.69, 9.17) is 18.9 Å². The zero-order valence-electron chi connectivity index (χ0n) is 14.1. The summed E-state index contributed by atoms with van der Waals surface area (Å²) in [7, 11) is 1.15. The number of carbonyl (C=O) groups excluding carboxylic acids is 5. The molecular weight excluding hydrogens is 324 g/mol. The molecule has 9 nitrogen and oxygen atoms in total. The van der Waals surface area contributed by atoms with Crippen molar-refractivity contribution in [1.29, 1.82) is 0 Å². The molecule has 0 aliphatic rings. The molecule has 9 heteroatoms. The van der Waals surface area contributed by atoms with Crippen LogP contribution < -0.4 is 0 Å². The second-order valence-electron chi connectivity index (χ2n) is 4.68. The van der Waals surface area contributed by atoms with E-state index in [2.05, 4.69) is 0 Å². The van der Waals surface area contributed by atoms with Crippen LogP contribution in [0.4, 0.5) is 0 Å². The number of ether oxygens (including phenoxy) is 4. The summed E-state index contributed by atoms with van der Waals surface area (Å²) in [4.78, 5) is 56.6. The summed E-state index contributed by atoms with van der Waals surface area (Å²) in [5, 5.41) is 0. The molecule has 0 spiro atoms. The van der Waals surface area contributed by atoms with Gasteiger partial charge in [-0.1, -0.05) is 0 Å². The Balaban J connectivity index is 6.03. The minimum atomic E-state index is -1.48. The van der Waals surface area contributed by atoms with Crippen molar-refractivity contribution in [3.8, 4) is 0 Å². The first kappa shape index (κ1) is 21.3. The number of aldehydes is 1. The van der Waals surface area contributed by atoms with Crippen molar-refractivity contribution in [3.63, 3.8) is 0 Å². The van der Waals surface area contributed by atoms with E-state index in [1.54, 1.807) is 0 Å². The molecule has 2 unspecified atom stereocenters. The van der Waals surface area contributed by atoms with Gasteiger partial charge in [0.05, 0.1) is 13.0 Å². The smallest absolute Gasteiger partial charge is 0.307 e. The molecule has 0 saturated carbocycles. The van der Waals surface area contributed by atoms with Crippen LogP contribution in [0.3, 0.4) is 0 Å². The molecule has 24 heavy (non-hydrogen) atoms. The lowest BCUT2D eigenvalue weighted by Gasteiger charge is -2.25. The number of methoxy groups -OCH3 is 1. The highest BCUT2D eigenvalue weighted by Gasteiger charge is 2.35. The van der Waals surface area contributed by atoms with Crippen LogP contribution in [0.15, 0.2) is 11.5 Å². The fraction of sp³-hybridized carbons (Fsp3) is 0.533. The van der Waals surface area contributed by atoms with Crippen LogP contribution in [0.2, 0.25) is 0 Å². The van der Waals surface area contributed by atoms with Crippen molar-refractivity contribution in [2.24, 2.45) is 5.92 Å². The molecule has 0 N–H and O–H groups in total. The molecule has 0 amide bonds. The maximum absolute atomic E-state index is 11.7. The molecule has 0 heterocycles. The van der Waals surface area contributed by atoms with Crippen LogP contribution in [0.5, 0.6) is 0 Å². The fourth-order valence-electron chi connectivity index (χ4n) is 1.73. The zero-order valence-corrected chi connectivity index (χ0v) is 14.1. The predicted molar refractivity (Wildman–Crippen MR) is 78.2 cm³/mol. The fourth-order valence-corrected chi connectivity index (χ4v) is 1.73. The lowest BCUT2D eigenvalue weighted by atomic mass is 10.0. The average Bonchev–Trinajstić information content (AvgIpc) is 2.44. The van der Waals surface area contributed by atoms with Gasteiger partial charge in [0, 0.05) is 27.7 Å². The van der Waals surface area contributed by atoms with Crippen molar-refractivity contribution in [3.05, 3.63) is 11.5 Å². The number of carbonyl (C=O) groups is 5. The van der Waals surface area contributed by atoms with Gasteiger partial charge in [-0.25, -0.2) is 0 Å². The molecule has 0 rings (SSSR count). The first-order chi connectivity index (χ1) is 11.1. The quantitative estimate of drug-likeness (QED) is 0.191. The van der Waals surface area contributed by atoms with E-state index < -0.39 is 53.8 Å². The number of Topliss-reactive ketones (excluding diaryl/α,β-unsaturated/α-hetero) is 1. The molecule has 2 atom stereocenters. The van der Waals surface area contributed by atoms with E-state index in [0.717, 1.165) is 34.8 Å². The van der Waals surface area contributed by atoms with Gasteiger partial charge in [0.25, 0.3) is 0 Å². The summed E-state index contributed by atoms with van der Waals surface area (Å²) >= 11 is 0. The van der Waals surface area contributed by atoms with Crippen molar-refractivity contribution < 1.29 is 42.9 Å². The second kappa shape index (κ2) is 10.1. The Morgan fingerprint density at radius 3 is 1.88 bits per heavy atom. The van der Waals surface area contributed by atoms with Gasteiger partial charge in [0.1, 0.15) is 12.9 Å². The Morgan fingerprint density at radius 1 is 0.958 bits per heavy atom. The van der Waals surface area contributed by atoms with Crippen LogP contribution in [-0.2, 0) is 42.9 Å². The largest absolute Gasteiger partial charge is 0.490 e. The second-order valence-corrected chi connectivity index (χ2v) is 4.68. The summed E-state index contributed by atoms with van der Waals surface area (Å²) in [6.07, 6.45) is -1.13. The van der Waals surface area contributed by atoms with Crippen molar-refractivity contribution in [2.75, 3.05) is 13.7 Å². The first-order valence-electron chi connectivity index (χ1n) is 6.87. The molecular formula is C15H20O9. The van der Waals surface area contributed by atoms with E-state index in [1.165, 1.54) is 0 Å². The number of esters is 3. The lowest BCUT2D eigenvalue weighted by Crippen LogP contribution is -2.36. The highest BCUT2D eigenvalue weighted by molar-refractivity contribution is 5.92. The number of allylic oxidation sites excluding steroid dienone is 1. The van der Waals surface area contributed by atoms with E-state index in [1.807, 2.05) is 0 Å². The van der Waals surface area contributed by atoms with Crippen LogP contribution in [-0.4, -0.2) is 49.8 Å². The minimum absolute atomic E-state index is 0.355. The normalized spacial score (nSPS) is 13.7. The third-order valence-electron chi connectivity index (χ3n) is 2.60. The summed E-state index contributed by atoms with van der Waals surface area (Å²) in [5.41, 5.74) is 0. The predicted octanol–water partition coefficient (Wildman–Crippen LogP) is 0.306. The SMILES string of the molecule is CO/C(C(C)=O)=C(/OC(C)=O)C(OC(C)=O)C(C=O)COC(C)=O. The van der Waals surface area contributed by atoms with E-state index in [9.17, 15) is 24.0 Å². The third kappa shape index (κ3) is 7.03. The molecule has 0 aromatic heterocycles. The van der Waals surface area contributed by atoms with Crippen molar-refractivity contribution in [2.45, 2.75) is 33.8 Å².